The summed E-state index contributed by atoms with van der Waals surface area (Å²) in [5.74, 6) is -0.943. The van der Waals surface area contributed by atoms with Gasteiger partial charge in [0.15, 0.2) is 0 Å². The molecule has 3 rings (SSSR count). The molecule has 2 aromatic heterocycles. The number of allylic oxidation sites excluding steroid dienone is 1. The summed E-state index contributed by atoms with van der Waals surface area (Å²) in [6, 6.07) is 3.42. The van der Waals surface area contributed by atoms with Crippen molar-refractivity contribution in [2.24, 2.45) is 0 Å². The highest BCUT2D eigenvalue weighted by atomic mass is 16.5. The average Bonchev–Trinajstić information content (AvgIpc) is 2.53. The first kappa shape index (κ1) is 14.8. The van der Waals surface area contributed by atoms with E-state index in [4.69, 9.17) is 4.74 Å². The molecule has 0 radical (unpaired) electrons. The minimum absolute atomic E-state index is 0.252. The van der Waals surface area contributed by atoms with Crippen LogP contribution in [0.1, 0.15) is 24.0 Å². The number of esters is 1. The molecule has 1 aliphatic heterocycles. The minimum Gasteiger partial charge on any atom is -0.466 e. The third-order valence-corrected chi connectivity index (χ3v) is 3.72. The van der Waals surface area contributed by atoms with Gasteiger partial charge in [-0.25, -0.2) is 9.59 Å². The Balaban J connectivity index is 2.33. The van der Waals surface area contributed by atoms with Gasteiger partial charge in [-0.3, -0.25) is 19.7 Å². The molecule has 0 amide bonds. The second-order valence-corrected chi connectivity index (χ2v) is 5.07. The van der Waals surface area contributed by atoms with Crippen LogP contribution in [0.4, 0.5) is 5.82 Å². The van der Waals surface area contributed by atoms with Crippen LogP contribution in [0.15, 0.2) is 45.4 Å². The molecule has 8 nitrogen and oxygen atoms in total. The second kappa shape index (κ2) is 5.56. The van der Waals surface area contributed by atoms with E-state index in [-0.39, 0.29) is 11.4 Å². The number of hydrogen-bond donors (Lipinski definition) is 3. The SMILES string of the molecule is COC(=O)C1=C(C)Nc2[nH]c(=O)[nH]c(=O)c2C1c1ccncc1. The number of carbonyl (C=O) groups is 1. The highest BCUT2D eigenvalue weighted by Gasteiger charge is 2.35. The van der Waals surface area contributed by atoms with Crippen molar-refractivity contribution in [2.45, 2.75) is 12.8 Å². The monoisotopic (exact) mass is 314 g/mol. The highest BCUT2D eigenvalue weighted by Crippen LogP contribution is 2.38. The lowest BCUT2D eigenvalue weighted by atomic mass is 9.83. The smallest absolute Gasteiger partial charge is 0.336 e. The van der Waals surface area contributed by atoms with E-state index in [0.717, 1.165) is 0 Å². The summed E-state index contributed by atoms with van der Waals surface area (Å²) in [7, 11) is 1.28. The molecule has 23 heavy (non-hydrogen) atoms. The number of H-pyrrole nitrogens is 2. The Hall–Kier alpha value is -3.16. The maximum Gasteiger partial charge on any atom is 0.336 e. The van der Waals surface area contributed by atoms with Gasteiger partial charge in [-0.2, -0.15) is 0 Å². The molecule has 0 bridgehead atoms. The fourth-order valence-electron chi connectivity index (χ4n) is 2.76. The zero-order chi connectivity index (χ0) is 16.6. The molecule has 1 atom stereocenters. The molecule has 118 valence electrons. The Bertz CT molecular complexity index is 911. The maximum atomic E-state index is 12.3. The van der Waals surface area contributed by atoms with Crippen LogP contribution in [0.2, 0.25) is 0 Å². The standard InChI is InChI=1S/C15H14N4O4/c1-7-9(14(21)23-2)10(8-3-5-16-6-4-8)11-12(17-7)18-15(22)19-13(11)20/h3-6,10H,1-2H3,(H3,17,18,19,20,22). The van der Waals surface area contributed by atoms with Crippen molar-refractivity contribution in [3.05, 3.63) is 67.8 Å². The van der Waals surface area contributed by atoms with Crippen molar-refractivity contribution in [1.29, 1.82) is 0 Å². The van der Waals surface area contributed by atoms with Crippen molar-refractivity contribution < 1.29 is 9.53 Å². The number of pyridine rings is 1. The molecule has 0 aromatic carbocycles. The summed E-state index contributed by atoms with van der Waals surface area (Å²) in [5.41, 5.74) is 0.578. The molecule has 0 aliphatic carbocycles. The van der Waals surface area contributed by atoms with Crippen LogP contribution in [0.3, 0.4) is 0 Å². The molecule has 1 aliphatic rings. The number of ether oxygens (including phenoxy) is 1. The normalized spacial score (nSPS) is 16.5. The second-order valence-electron chi connectivity index (χ2n) is 5.07. The van der Waals surface area contributed by atoms with E-state index >= 15 is 0 Å². The van der Waals surface area contributed by atoms with E-state index < -0.39 is 23.1 Å². The molecule has 0 saturated heterocycles. The Kier molecular flexibility index (Phi) is 3.57. The van der Waals surface area contributed by atoms with Crippen LogP contribution in [-0.2, 0) is 9.53 Å². The van der Waals surface area contributed by atoms with Gasteiger partial charge >= 0.3 is 11.7 Å². The Morgan fingerprint density at radius 1 is 1.22 bits per heavy atom. The third-order valence-electron chi connectivity index (χ3n) is 3.72. The number of nitrogens with one attached hydrogen (secondary N) is 3. The van der Waals surface area contributed by atoms with Crippen LogP contribution in [0.25, 0.3) is 0 Å². The van der Waals surface area contributed by atoms with Crippen LogP contribution >= 0.6 is 0 Å². The van der Waals surface area contributed by atoms with Crippen LogP contribution in [-0.4, -0.2) is 28.0 Å². The van der Waals surface area contributed by atoms with E-state index in [0.29, 0.717) is 16.8 Å². The van der Waals surface area contributed by atoms with E-state index in [1.54, 1.807) is 31.5 Å². The molecule has 0 saturated carbocycles. The van der Waals surface area contributed by atoms with Crippen molar-refractivity contribution in [3.8, 4) is 0 Å². The summed E-state index contributed by atoms with van der Waals surface area (Å²) >= 11 is 0. The van der Waals surface area contributed by atoms with Crippen molar-refractivity contribution >= 4 is 11.8 Å². The lowest BCUT2D eigenvalue weighted by Gasteiger charge is -2.28. The first-order valence-corrected chi connectivity index (χ1v) is 6.85. The molecule has 0 spiro atoms. The van der Waals surface area contributed by atoms with Gasteiger partial charge in [-0.1, -0.05) is 0 Å². The van der Waals surface area contributed by atoms with Gasteiger partial charge in [0.05, 0.1) is 24.2 Å². The first-order chi connectivity index (χ1) is 11.0. The predicted octanol–water partition coefficient (Wildman–Crippen LogP) is 0.463. The molecule has 0 fully saturated rings. The van der Waals surface area contributed by atoms with Gasteiger partial charge in [0, 0.05) is 18.1 Å². The van der Waals surface area contributed by atoms with E-state index in [9.17, 15) is 14.4 Å². The summed E-state index contributed by atoms with van der Waals surface area (Å²) in [5, 5.41) is 2.89. The van der Waals surface area contributed by atoms with Gasteiger partial charge < -0.3 is 10.1 Å². The van der Waals surface area contributed by atoms with Gasteiger partial charge in [-0.15, -0.1) is 0 Å². The Morgan fingerprint density at radius 2 is 1.91 bits per heavy atom. The topological polar surface area (TPSA) is 117 Å². The predicted molar refractivity (Wildman–Crippen MR) is 82.1 cm³/mol. The Labute approximate surface area is 130 Å². The molecular weight excluding hydrogens is 300 g/mol. The van der Waals surface area contributed by atoms with Gasteiger partial charge in [0.25, 0.3) is 5.56 Å². The molecule has 3 heterocycles. The van der Waals surface area contributed by atoms with E-state index in [1.807, 2.05) is 0 Å². The first-order valence-electron chi connectivity index (χ1n) is 6.85. The van der Waals surface area contributed by atoms with E-state index in [1.165, 1.54) is 7.11 Å². The minimum atomic E-state index is -0.665. The number of anilines is 1. The van der Waals surface area contributed by atoms with Crippen molar-refractivity contribution in [1.82, 2.24) is 15.0 Å². The molecule has 2 aromatic rings. The number of aromatic nitrogens is 3. The summed E-state index contributed by atoms with van der Waals surface area (Å²) < 4.78 is 4.85. The van der Waals surface area contributed by atoms with Crippen LogP contribution in [0.5, 0.6) is 0 Å². The third kappa shape index (κ3) is 2.44. The number of fused-ring (bicyclic) bond motifs is 1. The number of methoxy groups -OCH3 is 1. The van der Waals surface area contributed by atoms with Crippen LogP contribution < -0.4 is 16.6 Å². The zero-order valence-electron chi connectivity index (χ0n) is 12.5. The number of aromatic amines is 2. The molecule has 1 unspecified atom stereocenters. The molecular formula is C15H14N4O4. The number of rotatable bonds is 2. The fraction of sp³-hybridized carbons (Fsp3) is 0.200. The highest BCUT2D eigenvalue weighted by molar-refractivity contribution is 5.94. The van der Waals surface area contributed by atoms with Gasteiger partial charge in [0.2, 0.25) is 0 Å². The lowest BCUT2D eigenvalue weighted by molar-refractivity contribution is -0.136. The Morgan fingerprint density at radius 3 is 2.57 bits per heavy atom. The molecule has 3 N–H and O–H groups in total. The average molecular weight is 314 g/mol. The number of hydrogen-bond acceptors (Lipinski definition) is 6. The summed E-state index contributed by atoms with van der Waals surface area (Å²) in [4.78, 5) is 44.8. The lowest BCUT2D eigenvalue weighted by Crippen LogP contribution is -2.34. The zero-order valence-corrected chi connectivity index (χ0v) is 12.5. The quantitative estimate of drug-likeness (QED) is 0.693. The van der Waals surface area contributed by atoms with Gasteiger partial charge in [-0.05, 0) is 24.6 Å². The maximum absolute atomic E-state index is 12.3. The van der Waals surface area contributed by atoms with Crippen molar-refractivity contribution in [3.63, 3.8) is 0 Å². The van der Waals surface area contributed by atoms with Gasteiger partial charge in [0.1, 0.15) is 5.82 Å². The summed E-state index contributed by atoms with van der Waals surface area (Å²) in [6.07, 6.45) is 3.14. The fourth-order valence-corrected chi connectivity index (χ4v) is 2.76. The molecule has 8 heteroatoms. The van der Waals surface area contributed by atoms with E-state index in [2.05, 4.69) is 20.3 Å². The van der Waals surface area contributed by atoms with Crippen molar-refractivity contribution in [2.75, 3.05) is 12.4 Å². The van der Waals surface area contributed by atoms with Crippen LogP contribution in [0, 0.1) is 0 Å². The number of nitrogens with zero attached hydrogens (tertiary/aromatic N) is 1. The largest absolute Gasteiger partial charge is 0.466 e. The summed E-state index contributed by atoms with van der Waals surface area (Å²) in [6.45, 7) is 1.68. The number of carbonyl (C=O) groups excluding carboxylic acids is 1.